The molecule has 0 heterocycles. The predicted octanol–water partition coefficient (Wildman–Crippen LogP) is 12.9. The van der Waals surface area contributed by atoms with Crippen LogP contribution >= 0.6 is 0 Å². The molecule has 47 heavy (non-hydrogen) atoms. The molecule has 0 amide bonds. The van der Waals surface area contributed by atoms with Gasteiger partial charge < -0.3 is 0 Å². The van der Waals surface area contributed by atoms with Crippen molar-refractivity contribution in [2.75, 3.05) is 0 Å². The van der Waals surface area contributed by atoms with E-state index in [1.54, 1.807) is 77.0 Å². The SMILES string of the molecule is CC(C)C1CC2CC3CC(C(C)C)CC4C5C6CCC(C(C)(C)C)CC6C6CCCC(C65)C5(C2C(C1)C1CC(C)C(C)(C(C)C)C15)C34. The summed E-state index contributed by atoms with van der Waals surface area (Å²) in [4.78, 5) is 0. The fourth-order valence-corrected chi connectivity index (χ4v) is 19.3. The summed E-state index contributed by atoms with van der Waals surface area (Å²) in [6, 6.07) is 0. The molecule has 0 radical (unpaired) electrons. The van der Waals surface area contributed by atoms with Crippen LogP contribution < -0.4 is 0 Å². The van der Waals surface area contributed by atoms with E-state index >= 15 is 0 Å². The van der Waals surface area contributed by atoms with Crippen LogP contribution in [0.2, 0.25) is 0 Å². The van der Waals surface area contributed by atoms with E-state index < -0.39 is 0 Å². The van der Waals surface area contributed by atoms with Gasteiger partial charge in [0.2, 0.25) is 0 Å². The average molecular weight is 643 g/mol. The van der Waals surface area contributed by atoms with Gasteiger partial charge in [-0.15, -0.1) is 0 Å². The molecule has 0 heteroatoms. The monoisotopic (exact) mass is 643 g/mol. The third-order valence-corrected chi connectivity index (χ3v) is 20.9. The molecule has 9 rings (SSSR count). The zero-order chi connectivity index (χ0) is 33.1. The van der Waals surface area contributed by atoms with Gasteiger partial charge in [-0.25, -0.2) is 0 Å². The maximum Gasteiger partial charge on any atom is -0.0163 e. The van der Waals surface area contributed by atoms with E-state index in [2.05, 4.69) is 76.2 Å². The first kappa shape index (κ1) is 32.9. The van der Waals surface area contributed by atoms with Gasteiger partial charge >= 0.3 is 0 Å². The molecular formula is C47H78. The van der Waals surface area contributed by atoms with Crippen LogP contribution in [-0.4, -0.2) is 0 Å². The Balaban J connectivity index is 1.26. The minimum atomic E-state index is 0.491. The Morgan fingerprint density at radius 1 is 0.574 bits per heavy atom. The Morgan fingerprint density at radius 3 is 1.81 bits per heavy atom. The van der Waals surface area contributed by atoms with Gasteiger partial charge in [0.1, 0.15) is 0 Å². The second-order valence-electron chi connectivity index (χ2n) is 23.4. The van der Waals surface area contributed by atoms with Crippen LogP contribution in [0.25, 0.3) is 0 Å². The van der Waals surface area contributed by atoms with Crippen LogP contribution in [-0.2, 0) is 0 Å². The number of hydrogen-bond donors (Lipinski definition) is 0. The van der Waals surface area contributed by atoms with Gasteiger partial charge in [-0.05, 0) is 211 Å². The third-order valence-electron chi connectivity index (χ3n) is 20.9. The summed E-state index contributed by atoms with van der Waals surface area (Å²) in [7, 11) is 0. The van der Waals surface area contributed by atoms with Gasteiger partial charge in [-0.1, -0.05) is 82.6 Å². The van der Waals surface area contributed by atoms with E-state index in [0.29, 0.717) is 16.2 Å². The Morgan fingerprint density at radius 2 is 1.19 bits per heavy atom. The van der Waals surface area contributed by atoms with E-state index in [0.717, 1.165) is 124 Å². The summed E-state index contributed by atoms with van der Waals surface area (Å²) in [5.41, 5.74) is 1.70. The maximum atomic E-state index is 2.92. The van der Waals surface area contributed by atoms with Gasteiger partial charge in [0, 0.05) is 0 Å². The highest BCUT2D eigenvalue weighted by atomic mass is 14.9. The second kappa shape index (κ2) is 10.8. The molecular weight excluding hydrogens is 565 g/mol. The first-order valence-corrected chi connectivity index (χ1v) is 22.2. The lowest BCUT2D eigenvalue weighted by Crippen LogP contribution is -2.68. The van der Waals surface area contributed by atoms with E-state index in [1.165, 1.54) is 0 Å². The zero-order valence-electron chi connectivity index (χ0n) is 33.1. The zero-order valence-corrected chi connectivity index (χ0v) is 33.1. The first-order chi connectivity index (χ1) is 22.2. The molecule has 0 nitrogen and oxygen atoms in total. The summed E-state index contributed by atoms with van der Waals surface area (Å²) in [6.45, 7) is 29.4. The number of fused-ring (bicyclic) bond motifs is 6. The molecule has 0 aromatic rings. The molecule has 1 spiro atoms. The van der Waals surface area contributed by atoms with Crippen LogP contribution in [0, 0.1) is 141 Å². The average Bonchev–Trinajstić information content (AvgIpc) is 3.60. The maximum absolute atomic E-state index is 2.92. The molecule has 9 saturated carbocycles. The molecule has 266 valence electrons. The normalized spacial score (nSPS) is 59.1. The second-order valence-corrected chi connectivity index (χ2v) is 23.4. The molecule has 20 atom stereocenters. The predicted molar refractivity (Wildman–Crippen MR) is 198 cm³/mol. The van der Waals surface area contributed by atoms with E-state index in [9.17, 15) is 0 Å². The molecule has 9 aliphatic rings. The van der Waals surface area contributed by atoms with Gasteiger partial charge in [0.15, 0.2) is 0 Å². The van der Waals surface area contributed by atoms with Crippen molar-refractivity contribution in [2.24, 2.45) is 141 Å². The van der Waals surface area contributed by atoms with Crippen LogP contribution in [0.5, 0.6) is 0 Å². The standard InChI is InChI=1S/C47H78/c1-24(2)28-18-30-20-31-19-29(25(3)4)22-38-40-34-16-15-32(45(8,9)10)23-35(34)33-13-12-14-39(41(33)40)47(43(31)38)42(30)36(21-28)37-17-27(7)46(11,26(5)6)44(37)47/h24-44H,12-23H2,1-11H3. The molecule has 20 unspecified atom stereocenters. The molecule has 0 aromatic heterocycles. The lowest BCUT2D eigenvalue weighted by atomic mass is 9.31. The molecule has 0 bridgehead atoms. The lowest BCUT2D eigenvalue weighted by Gasteiger charge is -2.73. The quantitative estimate of drug-likeness (QED) is 0.287. The van der Waals surface area contributed by atoms with Crippen molar-refractivity contribution in [3.63, 3.8) is 0 Å². The molecule has 0 N–H and O–H groups in total. The lowest BCUT2D eigenvalue weighted by molar-refractivity contribution is -0.256. The molecule has 0 aromatic carbocycles. The van der Waals surface area contributed by atoms with Crippen molar-refractivity contribution in [2.45, 2.75) is 153 Å². The first-order valence-electron chi connectivity index (χ1n) is 22.2. The number of rotatable bonds is 3. The van der Waals surface area contributed by atoms with Crippen molar-refractivity contribution < 1.29 is 0 Å². The van der Waals surface area contributed by atoms with Crippen molar-refractivity contribution in [3.05, 3.63) is 0 Å². The van der Waals surface area contributed by atoms with Gasteiger partial charge in [-0.2, -0.15) is 0 Å². The highest BCUT2D eigenvalue weighted by molar-refractivity contribution is 5.29. The molecule has 0 saturated heterocycles. The van der Waals surface area contributed by atoms with Crippen molar-refractivity contribution in [1.82, 2.24) is 0 Å². The minimum absolute atomic E-state index is 0.491. The van der Waals surface area contributed by atoms with Crippen molar-refractivity contribution in [1.29, 1.82) is 0 Å². The van der Waals surface area contributed by atoms with E-state index in [-0.39, 0.29) is 0 Å². The molecule has 9 aliphatic carbocycles. The summed E-state index contributed by atoms with van der Waals surface area (Å²) in [5.74, 6) is 21.4. The minimum Gasteiger partial charge on any atom is -0.0625 e. The van der Waals surface area contributed by atoms with Crippen LogP contribution in [0.3, 0.4) is 0 Å². The number of hydrogen-bond acceptors (Lipinski definition) is 0. The molecule has 0 aliphatic heterocycles. The Hall–Kier alpha value is 0. The largest absolute Gasteiger partial charge is 0.0625 e. The van der Waals surface area contributed by atoms with E-state index in [4.69, 9.17) is 0 Å². The summed E-state index contributed by atoms with van der Waals surface area (Å²) in [6.07, 6.45) is 19.3. The fraction of sp³-hybridized carbons (Fsp3) is 1.00. The smallest absolute Gasteiger partial charge is 0.0163 e. The summed E-state index contributed by atoms with van der Waals surface area (Å²) >= 11 is 0. The van der Waals surface area contributed by atoms with Gasteiger partial charge in [0.25, 0.3) is 0 Å². The summed E-state index contributed by atoms with van der Waals surface area (Å²) in [5, 5.41) is 0. The van der Waals surface area contributed by atoms with Crippen LogP contribution in [0.4, 0.5) is 0 Å². The van der Waals surface area contributed by atoms with Crippen LogP contribution in [0.1, 0.15) is 153 Å². The summed E-state index contributed by atoms with van der Waals surface area (Å²) < 4.78 is 0. The third kappa shape index (κ3) is 4.12. The fourth-order valence-electron chi connectivity index (χ4n) is 19.3. The topological polar surface area (TPSA) is 0 Å². The Kier molecular flexibility index (Phi) is 7.53. The van der Waals surface area contributed by atoms with Crippen molar-refractivity contribution >= 4 is 0 Å². The molecule has 9 fully saturated rings. The Labute approximate surface area is 292 Å². The van der Waals surface area contributed by atoms with Gasteiger partial charge in [-0.3, -0.25) is 0 Å². The highest BCUT2D eigenvalue weighted by Gasteiger charge is 2.81. The Bertz CT molecular complexity index is 1200. The van der Waals surface area contributed by atoms with Gasteiger partial charge in [0.05, 0.1) is 0 Å². The highest BCUT2D eigenvalue weighted by Crippen LogP contribution is 2.86. The van der Waals surface area contributed by atoms with Crippen molar-refractivity contribution in [3.8, 4) is 0 Å². The van der Waals surface area contributed by atoms with E-state index in [1.807, 2.05) is 0 Å². The van der Waals surface area contributed by atoms with Crippen LogP contribution in [0.15, 0.2) is 0 Å².